The highest BCUT2D eigenvalue weighted by molar-refractivity contribution is 6.32. The molecule has 3 aromatic rings. The van der Waals surface area contributed by atoms with Crippen LogP contribution in [0.15, 0.2) is 53.5 Å². The van der Waals surface area contributed by atoms with E-state index in [9.17, 15) is 18.8 Å². The SMILES string of the molecule is COC(=O)c1cc(Cl)c(OC)cc1NC(=O)c1nn(-c2ccccc2F)ccc1=O. The van der Waals surface area contributed by atoms with Gasteiger partial charge in [0.15, 0.2) is 5.69 Å². The molecule has 30 heavy (non-hydrogen) atoms. The Balaban J connectivity index is 2.03. The minimum Gasteiger partial charge on any atom is -0.495 e. The van der Waals surface area contributed by atoms with Crippen molar-refractivity contribution in [1.29, 1.82) is 0 Å². The lowest BCUT2D eigenvalue weighted by molar-refractivity contribution is 0.0602. The summed E-state index contributed by atoms with van der Waals surface area (Å²) in [7, 11) is 2.52. The highest BCUT2D eigenvalue weighted by Crippen LogP contribution is 2.31. The Kier molecular flexibility index (Phi) is 6.12. The van der Waals surface area contributed by atoms with Gasteiger partial charge in [0.05, 0.1) is 30.5 Å². The van der Waals surface area contributed by atoms with E-state index in [2.05, 4.69) is 10.4 Å². The number of aromatic nitrogens is 2. The quantitative estimate of drug-likeness (QED) is 0.623. The molecule has 0 saturated carbocycles. The predicted molar refractivity (Wildman–Crippen MR) is 107 cm³/mol. The molecule has 0 aliphatic rings. The predicted octanol–water partition coefficient (Wildman–Crippen LogP) is 3.07. The van der Waals surface area contributed by atoms with Gasteiger partial charge in [-0.3, -0.25) is 9.59 Å². The number of carbonyl (C=O) groups excluding carboxylic acids is 2. The summed E-state index contributed by atoms with van der Waals surface area (Å²) >= 11 is 6.04. The first-order valence-electron chi connectivity index (χ1n) is 8.47. The van der Waals surface area contributed by atoms with Crippen LogP contribution in [0.2, 0.25) is 5.02 Å². The van der Waals surface area contributed by atoms with Crippen molar-refractivity contribution in [2.24, 2.45) is 0 Å². The molecular weight excluding hydrogens is 417 g/mol. The van der Waals surface area contributed by atoms with Gasteiger partial charge in [-0.25, -0.2) is 13.9 Å². The topological polar surface area (TPSA) is 99.5 Å². The molecule has 1 amide bonds. The fourth-order valence-corrected chi connectivity index (χ4v) is 2.85. The van der Waals surface area contributed by atoms with Crippen molar-refractivity contribution < 1.29 is 23.5 Å². The van der Waals surface area contributed by atoms with E-state index < -0.39 is 28.8 Å². The first-order valence-corrected chi connectivity index (χ1v) is 8.85. The summed E-state index contributed by atoms with van der Waals surface area (Å²) in [5.74, 6) is -2.08. The lowest BCUT2D eigenvalue weighted by atomic mass is 10.1. The standard InChI is InChI=1S/C20H15ClFN3O5/c1-29-17-10-14(11(9-12(17)21)20(28)30-2)23-19(27)18-16(26)7-8-25(24-18)15-6-4-3-5-13(15)22/h3-10H,1-2H3,(H,23,27). The van der Waals surface area contributed by atoms with Gasteiger partial charge < -0.3 is 14.8 Å². The Hall–Kier alpha value is -3.72. The van der Waals surface area contributed by atoms with Gasteiger partial charge >= 0.3 is 5.97 Å². The summed E-state index contributed by atoms with van der Waals surface area (Å²) in [6, 6.07) is 9.39. The van der Waals surface area contributed by atoms with Gasteiger partial charge in [-0.1, -0.05) is 23.7 Å². The summed E-state index contributed by atoms with van der Waals surface area (Å²) in [6.07, 6.45) is 1.24. The third-order valence-corrected chi connectivity index (χ3v) is 4.36. The fourth-order valence-electron chi connectivity index (χ4n) is 2.61. The van der Waals surface area contributed by atoms with Crippen LogP contribution < -0.4 is 15.5 Å². The number of esters is 1. The van der Waals surface area contributed by atoms with Gasteiger partial charge in [-0.2, -0.15) is 5.10 Å². The molecule has 3 rings (SSSR count). The highest BCUT2D eigenvalue weighted by Gasteiger charge is 2.21. The number of methoxy groups -OCH3 is 2. The Morgan fingerprint density at radius 1 is 1.17 bits per heavy atom. The Bertz CT molecular complexity index is 1200. The molecule has 1 aromatic heterocycles. The molecule has 0 fully saturated rings. The highest BCUT2D eigenvalue weighted by atomic mass is 35.5. The van der Waals surface area contributed by atoms with Crippen LogP contribution in [0.5, 0.6) is 5.75 Å². The van der Waals surface area contributed by atoms with Crippen molar-refractivity contribution >= 4 is 29.2 Å². The number of amides is 1. The number of hydrogen-bond donors (Lipinski definition) is 1. The van der Waals surface area contributed by atoms with Crippen molar-refractivity contribution in [3.63, 3.8) is 0 Å². The number of hydrogen-bond acceptors (Lipinski definition) is 6. The van der Waals surface area contributed by atoms with Crippen LogP contribution in [-0.4, -0.2) is 35.9 Å². The number of para-hydroxylation sites is 1. The summed E-state index contributed by atoms with van der Waals surface area (Å²) in [4.78, 5) is 37.0. The summed E-state index contributed by atoms with van der Waals surface area (Å²) in [5, 5.41) is 6.48. The monoisotopic (exact) mass is 431 g/mol. The zero-order valence-corrected chi connectivity index (χ0v) is 16.6. The molecular formula is C20H15ClFN3O5. The molecule has 8 nitrogen and oxygen atoms in total. The summed E-state index contributed by atoms with van der Waals surface area (Å²) in [6.45, 7) is 0. The van der Waals surface area contributed by atoms with Crippen molar-refractivity contribution in [3.8, 4) is 11.4 Å². The molecule has 1 heterocycles. The molecule has 0 saturated heterocycles. The number of nitrogens with one attached hydrogen (secondary N) is 1. The van der Waals surface area contributed by atoms with Crippen molar-refractivity contribution in [2.75, 3.05) is 19.5 Å². The summed E-state index contributed by atoms with van der Waals surface area (Å²) in [5.41, 5.74) is -1.21. The van der Waals surface area contributed by atoms with E-state index in [0.29, 0.717) is 0 Å². The number of nitrogens with zero attached hydrogens (tertiary/aromatic N) is 2. The normalized spacial score (nSPS) is 10.4. The van der Waals surface area contributed by atoms with Crippen LogP contribution >= 0.6 is 11.6 Å². The lowest BCUT2D eigenvalue weighted by Crippen LogP contribution is -2.26. The van der Waals surface area contributed by atoms with Crippen LogP contribution in [0.4, 0.5) is 10.1 Å². The first kappa shape index (κ1) is 21.0. The maximum Gasteiger partial charge on any atom is 0.340 e. The largest absolute Gasteiger partial charge is 0.495 e. The molecule has 2 aromatic carbocycles. The molecule has 154 valence electrons. The second-order valence-corrected chi connectivity index (χ2v) is 6.31. The Morgan fingerprint density at radius 2 is 1.90 bits per heavy atom. The minimum atomic E-state index is -0.916. The lowest BCUT2D eigenvalue weighted by Gasteiger charge is -2.13. The maximum absolute atomic E-state index is 14.0. The number of ether oxygens (including phenoxy) is 2. The first-order chi connectivity index (χ1) is 14.3. The minimum absolute atomic E-state index is 0.00408. The molecule has 0 unspecified atom stereocenters. The van der Waals surface area contributed by atoms with Crippen molar-refractivity contribution in [1.82, 2.24) is 9.78 Å². The molecule has 0 aliphatic carbocycles. The molecule has 10 heteroatoms. The zero-order valence-electron chi connectivity index (χ0n) is 15.8. The van der Waals surface area contributed by atoms with E-state index >= 15 is 0 Å². The van der Waals surface area contributed by atoms with E-state index in [0.717, 1.165) is 17.9 Å². The molecule has 1 N–H and O–H groups in total. The maximum atomic E-state index is 14.0. The second kappa shape index (κ2) is 8.75. The average molecular weight is 432 g/mol. The molecule has 0 atom stereocenters. The van der Waals surface area contributed by atoms with E-state index in [1.54, 1.807) is 6.07 Å². The third-order valence-electron chi connectivity index (χ3n) is 4.07. The van der Waals surface area contributed by atoms with Gasteiger partial charge in [-0.15, -0.1) is 0 Å². The van der Waals surface area contributed by atoms with Gasteiger partial charge in [0.25, 0.3) is 5.91 Å². The second-order valence-electron chi connectivity index (χ2n) is 5.90. The summed E-state index contributed by atoms with van der Waals surface area (Å²) < 4.78 is 24.9. The Labute approximate surface area is 174 Å². The van der Waals surface area contributed by atoms with Crippen LogP contribution in [0.1, 0.15) is 20.8 Å². The zero-order chi connectivity index (χ0) is 21.8. The molecule has 0 radical (unpaired) electrons. The molecule has 0 spiro atoms. The smallest absolute Gasteiger partial charge is 0.340 e. The molecule has 0 aliphatic heterocycles. The number of rotatable bonds is 5. The van der Waals surface area contributed by atoms with Crippen molar-refractivity contribution in [3.05, 3.63) is 81.0 Å². The van der Waals surface area contributed by atoms with E-state index in [1.165, 1.54) is 43.6 Å². The van der Waals surface area contributed by atoms with Crippen LogP contribution in [-0.2, 0) is 4.74 Å². The van der Waals surface area contributed by atoms with Gasteiger partial charge in [0.2, 0.25) is 5.43 Å². The number of benzene rings is 2. The van der Waals surface area contributed by atoms with Gasteiger partial charge in [0, 0.05) is 18.3 Å². The van der Waals surface area contributed by atoms with Crippen LogP contribution in [0.3, 0.4) is 0 Å². The fraction of sp³-hybridized carbons (Fsp3) is 0.100. The number of halogens is 2. The van der Waals surface area contributed by atoms with E-state index in [-0.39, 0.29) is 27.7 Å². The van der Waals surface area contributed by atoms with Crippen LogP contribution in [0.25, 0.3) is 5.69 Å². The van der Waals surface area contributed by atoms with Gasteiger partial charge in [0.1, 0.15) is 17.3 Å². The van der Waals surface area contributed by atoms with Crippen molar-refractivity contribution in [2.45, 2.75) is 0 Å². The van der Waals surface area contributed by atoms with Gasteiger partial charge in [-0.05, 0) is 18.2 Å². The van der Waals surface area contributed by atoms with Crippen LogP contribution in [0, 0.1) is 5.82 Å². The molecule has 0 bridgehead atoms. The number of carbonyl (C=O) groups is 2. The number of anilines is 1. The average Bonchev–Trinajstić information content (AvgIpc) is 2.74. The third kappa shape index (κ3) is 4.15. The van der Waals surface area contributed by atoms with E-state index in [1.807, 2.05) is 0 Å². The Morgan fingerprint density at radius 3 is 2.57 bits per heavy atom. The van der Waals surface area contributed by atoms with E-state index in [4.69, 9.17) is 21.1 Å².